The van der Waals surface area contributed by atoms with Crippen molar-refractivity contribution in [2.45, 2.75) is 0 Å². The summed E-state index contributed by atoms with van der Waals surface area (Å²) in [5.74, 6) is 0.0351. The third kappa shape index (κ3) is 2.53. The Morgan fingerprint density at radius 2 is 1.67 bits per heavy atom. The highest BCUT2D eigenvalue weighted by Crippen LogP contribution is 2.37. The number of ether oxygens (including phenoxy) is 2. The Hall–Kier alpha value is -2.79. The zero-order valence-corrected chi connectivity index (χ0v) is 13.2. The van der Waals surface area contributed by atoms with Gasteiger partial charge in [-0.05, 0) is 35.4 Å². The van der Waals surface area contributed by atoms with Crippen molar-refractivity contribution in [2.24, 2.45) is 0 Å². The van der Waals surface area contributed by atoms with Crippen LogP contribution in [0.5, 0.6) is 5.75 Å². The van der Waals surface area contributed by atoms with Crippen LogP contribution in [0.15, 0.2) is 42.5 Å². The second-order valence-electron chi connectivity index (χ2n) is 5.48. The van der Waals surface area contributed by atoms with E-state index in [1.807, 2.05) is 6.07 Å². The molecule has 0 atom stereocenters. The second-order valence-corrected chi connectivity index (χ2v) is 5.92. The van der Waals surface area contributed by atoms with Gasteiger partial charge in [0.15, 0.2) is 6.61 Å². The summed E-state index contributed by atoms with van der Waals surface area (Å²) in [6.45, 7) is 0.192. The number of rotatable bonds is 2. The Kier molecular flexibility index (Phi) is 3.50. The molecule has 0 radical (unpaired) electrons. The fourth-order valence-corrected chi connectivity index (χ4v) is 2.94. The molecule has 2 aliphatic heterocycles. The van der Waals surface area contributed by atoms with Gasteiger partial charge in [0.05, 0.1) is 11.3 Å². The standard InChI is InChI=1S/C18H12ClNO4/c19-12-4-1-10(2-5-12)17-13(8-24-18(17)22)11-3-6-15-14(7-11)20-16(21)9-23-15/h1-7H,8-9H2,(H,20,21). The van der Waals surface area contributed by atoms with Crippen LogP contribution in [0.25, 0.3) is 11.1 Å². The predicted octanol–water partition coefficient (Wildman–Crippen LogP) is 3.14. The largest absolute Gasteiger partial charge is 0.482 e. The molecule has 1 N–H and O–H groups in total. The number of esters is 1. The maximum Gasteiger partial charge on any atom is 0.339 e. The van der Waals surface area contributed by atoms with Gasteiger partial charge in [-0.25, -0.2) is 4.79 Å². The molecular formula is C18H12ClNO4. The van der Waals surface area contributed by atoms with Gasteiger partial charge in [-0.1, -0.05) is 29.8 Å². The summed E-state index contributed by atoms with van der Waals surface area (Å²) in [5, 5.41) is 3.37. The van der Waals surface area contributed by atoms with E-state index in [2.05, 4.69) is 5.32 Å². The quantitative estimate of drug-likeness (QED) is 0.852. The van der Waals surface area contributed by atoms with Crippen LogP contribution in [-0.4, -0.2) is 25.1 Å². The molecule has 0 aromatic heterocycles. The van der Waals surface area contributed by atoms with Gasteiger partial charge in [-0.3, -0.25) is 4.79 Å². The number of hydrogen-bond acceptors (Lipinski definition) is 4. The predicted molar refractivity (Wildman–Crippen MR) is 89.8 cm³/mol. The smallest absolute Gasteiger partial charge is 0.339 e. The van der Waals surface area contributed by atoms with E-state index in [0.29, 0.717) is 22.0 Å². The summed E-state index contributed by atoms with van der Waals surface area (Å²) in [5.41, 5.74) is 3.41. The lowest BCUT2D eigenvalue weighted by Gasteiger charge is -2.18. The van der Waals surface area contributed by atoms with Crippen LogP contribution in [0.1, 0.15) is 11.1 Å². The minimum Gasteiger partial charge on any atom is -0.482 e. The minimum absolute atomic E-state index is 0.00661. The van der Waals surface area contributed by atoms with Gasteiger partial charge in [0.25, 0.3) is 5.91 Å². The number of carbonyl (C=O) groups is 2. The summed E-state index contributed by atoms with van der Waals surface area (Å²) >= 11 is 5.91. The highest BCUT2D eigenvalue weighted by Gasteiger charge is 2.28. The number of halogens is 1. The zero-order valence-electron chi connectivity index (χ0n) is 12.5. The van der Waals surface area contributed by atoms with Crippen molar-refractivity contribution < 1.29 is 19.1 Å². The van der Waals surface area contributed by atoms with Crippen molar-refractivity contribution in [3.8, 4) is 5.75 Å². The third-order valence-electron chi connectivity index (χ3n) is 3.95. The van der Waals surface area contributed by atoms with Gasteiger partial charge in [-0.15, -0.1) is 0 Å². The summed E-state index contributed by atoms with van der Waals surface area (Å²) in [7, 11) is 0. The molecular weight excluding hydrogens is 330 g/mol. The van der Waals surface area contributed by atoms with Gasteiger partial charge in [-0.2, -0.15) is 0 Å². The fourth-order valence-electron chi connectivity index (χ4n) is 2.81. The molecule has 24 heavy (non-hydrogen) atoms. The molecule has 0 bridgehead atoms. The lowest BCUT2D eigenvalue weighted by molar-refractivity contribution is -0.133. The zero-order chi connectivity index (χ0) is 16.7. The molecule has 0 spiro atoms. The Morgan fingerprint density at radius 1 is 0.917 bits per heavy atom. The molecule has 120 valence electrons. The Bertz CT molecular complexity index is 886. The Labute approximate surface area is 142 Å². The minimum atomic E-state index is -0.370. The number of cyclic esters (lactones) is 1. The number of carbonyl (C=O) groups excluding carboxylic acids is 2. The van der Waals surface area contributed by atoms with E-state index in [4.69, 9.17) is 21.1 Å². The van der Waals surface area contributed by atoms with E-state index in [1.54, 1.807) is 36.4 Å². The molecule has 0 saturated heterocycles. The van der Waals surface area contributed by atoms with Crippen LogP contribution in [0.4, 0.5) is 5.69 Å². The fraction of sp³-hybridized carbons (Fsp3) is 0.111. The third-order valence-corrected chi connectivity index (χ3v) is 4.20. The molecule has 2 heterocycles. The van der Waals surface area contributed by atoms with Crippen molar-refractivity contribution in [1.82, 2.24) is 0 Å². The van der Waals surface area contributed by atoms with E-state index in [9.17, 15) is 9.59 Å². The Balaban J connectivity index is 1.81. The number of nitrogens with one attached hydrogen (secondary N) is 1. The lowest BCUT2D eigenvalue weighted by Crippen LogP contribution is -2.25. The molecule has 6 heteroatoms. The summed E-state index contributed by atoms with van der Waals surface area (Å²) in [6, 6.07) is 12.5. The molecule has 2 aromatic carbocycles. The number of amides is 1. The van der Waals surface area contributed by atoms with Crippen LogP contribution in [-0.2, 0) is 14.3 Å². The summed E-state index contributed by atoms with van der Waals surface area (Å²) < 4.78 is 10.6. The monoisotopic (exact) mass is 341 g/mol. The normalized spacial score (nSPS) is 16.4. The van der Waals surface area contributed by atoms with Crippen LogP contribution >= 0.6 is 11.6 Å². The van der Waals surface area contributed by atoms with E-state index in [0.717, 1.165) is 16.7 Å². The van der Waals surface area contributed by atoms with E-state index >= 15 is 0 Å². The average molecular weight is 342 g/mol. The first kappa shape index (κ1) is 14.8. The van der Waals surface area contributed by atoms with Crippen molar-refractivity contribution >= 4 is 40.3 Å². The first-order valence-corrected chi connectivity index (χ1v) is 7.73. The lowest BCUT2D eigenvalue weighted by atomic mass is 9.96. The maximum absolute atomic E-state index is 12.2. The van der Waals surface area contributed by atoms with Gasteiger partial charge in [0, 0.05) is 10.6 Å². The van der Waals surface area contributed by atoms with E-state index in [1.165, 1.54) is 0 Å². The van der Waals surface area contributed by atoms with Crippen molar-refractivity contribution in [3.63, 3.8) is 0 Å². The first-order chi connectivity index (χ1) is 11.6. The van der Waals surface area contributed by atoms with E-state index in [-0.39, 0.29) is 25.1 Å². The first-order valence-electron chi connectivity index (χ1n) is 7.35. The van der Waals surface area contributed by atoms with Crippen LogP contribution < -0.4 is 10.1 Å². The average Bonchev–Trinajstić information content (AvgIpc) is 2.96. The van der Waals surface area contributed by atoms with Crippen molar-refractivity contribution in [3.05, 3.63) is 58.6 Å². The summed E-state index contributed by atoms with van der Waals surface area (Å²) in [4.78, 5) is 23.7. The molecule has 2 aromatic rings. The van der Waals surface area contributed by atoms with Gasteiger partial charge in [0.2, 0.25) is 0 Å². The van der Waals surface area contributed by atoms with Crippen LogP contribution in [0.2, 0.25) is 5.02 Å². The van der Waals surface area contributed by atoms with Gasteiger partial charge >= 0.3 is 5.97 Å². The van der Waals surface area contributed by atoms with Crippen molar-refractivity contribution in [1.29, 1.82) is 0 Å². The molecule has 2 aliphatic rings. The molecule has 4 rings (SSSR count). The molecule has 1 amide bonds. The molecule has 5 nitrogen and oxygen atoms in total. The van der Waals surface area contributed by atoms with Gasteiger partial charge < -0.3 is 14.8 Å². The Morgan fingerprint density at radius 3 is 2.46 bits per heavy atom. The van der Waals surface area contributed by atoms with Crippen LogP contribution in [0.3, 0.4) is 0 Å². The molecule has 0 aliphatic carbocycles. The van der Waals surface area contributed by atoms with Gasteiger partial charge in [0.1, 0.15) is 12.4 Å². The molecule has 0 saturated carbocycles. The number of hydrogen-bond donors (Lipinski definition) is 1. The number of fused-ring (bicyclic) bond motifs is 1. The molecule has 0 unspecified atom stereocenters. The van der Waals surface area contributed by atoms with Crippen molar-refractivity contribution in [2.75, 3.05) is 18.5 Å². The highest BCUT2D eigenvalue weighted by molar-refractivity contribution is 6.31. The van der Waals surface area contributed by atoms with Crippen LogP contribution in [0, 0.1) is 0 Å². The number of anilines is 1. The number of benzene rings is 2. The van der Waals surface area contributed by atoms with E-state index < -0.39 is 0 Å². The molecule has 0 fully saturated rings. The maximum atomic E-state index is 12.2. The highest BCUT2D eigenvalue weighted by atomic mass is 35.5. The topological polar surface area (TPSA) is 64.6 Å². The second kappa shape index (κ2) is 5.69. The SMILES string of the molecule is O=C1COc2ccc(C3=C(c4ccc(Cl)cc4)C(=O)OC3)cc2N1. The summed E-state index contributed by atoms with van der Waals surface area (Å²) in [6.07, 6.45) is 0.